The van der Waals surface area contributed by atoms with Crippen LogP contribution in [0, 0.1) is 0 Å². The molecule has 2 aromatic carbocycles. The Balaban J connectivity index is 1.38. The molecule has 1 saturated heterocycles. The van der Waals surface area contributed by atoms with Crippen molar-refractivity contribution in [2.45, 2.75) is 24.7 Å². The maximum atomic E-state index is 14.2. The molecular weight excluding hydrogens is 551 g/mol. The van der Waals surface area contributed by atoms with Crippen LogP contribution in [0.5, 0.6) is 11.5 Å². The predicted molar refractivity (Wildman–Crippen MR) is 141 cm³/mol. The lowest BCUT2D eigenvalue weighted by Gasteiger charge is -2.34. The fourth-order valence-corrected chi connectivity index (χ4v) is 5.30. The Labute approximate surface area is 233 Å². The van der Waals surface area contributed by atoms with E-state index in [4.69, 9.17) is 21.1 Å². The van der Waals surface area contributed by atoms with Gasteiger partial charge in [-0.15, -0.1) is 0 Å². The number of alkyl halides is 3. The van der Waals surface area contributed by atoms with Crippen molar-refractivity contribution in [3.8, 4) is 11.5 Å². The number of carbonyl (C=O) groups is 2. The average molecular weight is 578 g/mol. The molecule has 0 spiro atoms. The van der Waals surface area contributed by atoms with Gasteiger partial charge in [-0.3, -0.25) is 9.59 Å². The number of piperazine rings is 1. The molecular formula is C27H27ClF3N5O4. The Kier molecular flexibility index (Phi) is 7.54. The number of aromatic nitrogens is 2. The smallest absolute Gasteiger partial charge is 0.410 e. The molecule has 2 aliphatic rings. The lowest BCUT2D eigenvalue weighted by atomic mass is 9.96. The first-order valence-electron chi connectivity index (χ1n) is 12.6. The van der Waals surface area contributed by atoms with E-state index in [2.05, 4.69) is 10.4 Å². The number of nitrogens with zero attached hydrogens (tertiary/aromatic N) is 4. The second kappa shape index (κ2) is 10.9. The minimum atomic E-state index is -4.65. The number of hydrogen-bond donors (Lipinski definition) is 1. The SMILES string of the molecule is COc1ccc([C@H]2C[C@H](C(F)(F)F)n3nc(C(=O)N4CCN(C(=O)c5ccccc5)CC4)c(Cl)c3N2)cc1OC. The lowest BCUT2D eigenvalue weighted by Crippen LogP contribution is -2.50. The summed E-state index contributed by atoms with van der Waals surface area (Å²) in [4.78, 5) is 29.2. The van der Waals surface area contributed by atoms with E-state index in [9.17, 15) is 22.8 Å². The Hall–Kier alpha value is -3.93. The van der Waals surface area contributed by atoms with E-state index in [0.717, 1.165) is 4.68 Å². The Morgan fingerprint density at radius 1 is 0.950 bits per heavy atom. The van der Waals surface area contributed by atoms with E-state index >= 15 is 0 Å². The molecule has 0 radical (unpaired) electrons. The summed E-state index contributed by atoms with van der Waals surface area (Å²) < 4.78 is 54.0. The first-order valence-corrected chi connectivity index (χ1v) is 13.0. The van der Waals surface area contributed by atoms with Gasteiger partial charge >= 0.3 is 6.18 Å². The number of methoxy groups -OCH3 is 2. The monoisotopic (exact) mass is 577 g/mol. The van der Waals surface area contributed by atoms with Gasteiger partial charge in [0, 0.05) is 38.2 Å². The van der Waals surface area contributed by atoms with Crippen molar-refractivity contribution in [1.82, 2.24) is 19.6 Å². The third-order valence-electron chi connectivity index (χ3n) is 7.18. The molecule has 3 heterocycles. The Morgan fingerprint density at radius 2 is 1.57 bits per heavy atom. The minimum absolute atomic E-state index is 0.0868. The van der Waals surface area contributed by atoms with E-state index < -0.39 is 24.2 Å². The summed E-state index contributed by atoms with van der Waals surface area (Å²) in [6, 6.07) is 10.9. The molecule has 40 heavy (non-hydrogen) atoms. The molecule has 5 rings (SSSR count). The number of amides is 2. The molecule has 1 fully saturated rings. The van der Waals surface area contributed by atoms with Crippen LogP contribution in [-0.2, 0) is 0 Å². The van der Waals surface area contributed by atoms with Crippen molar-refractivity contribution in [2.24, 2.45) is 0 Å². The third kappa shape index (κ3) is 5.15. The number of benzene rings is 2. The number of fused-ring (bicyclic) bond motifs is 1. The molecule has 2 amide bonds. The van der Waals surface area contributed by atoms with Crippen molar-refractivity contribution in [3.63, 3.8) is 0 Å². The fraction of sp³-hybridized carbons (Fsp3) is 0.370. The van der Waals surface area contributed by atoms with Gasteiger partial charge in [0.15, 0.2) is 23.2 Å². The predicted octanol–water partition coefficient (Wildman–Crippen LogP) is 4.81. The normalized spacial score (nSPS) is 19.1. The first-order chi connectivity index (χ1) is 19.1. The molecule has 0 unspecified atom stereocenters. The van der Waals surface area contributed by atoms with Gasteiger partial charge in [-0.05, 0) is 29.8 Å². The topological polar surface area (TPSA) is 88.9 Å². The molecule has 212 valence electrons. The number of halogens is 4. The zero-order chi connectivity index (χ0) is 28.6. The quantitative estimate of drug-likeness (QED) is 0.468. The standard InChI is InChI=1S/C27H27ClF3N5O4/c1-39-19-9-8-17(14-20(19)40-2)18-15-21(27(29,30)31)36-24(32-18)22(28)23(33-36)26(38)35-12-10-34(11-13-35)25(37)16-6-4-3-5-7-16/h3-9,14,18,21,32H,10-13,15H2,1-2H3/t18-,21-/m1/s1. The largest absolute Gasteiger partial charge is 0.493 e. The average Bonchev–Trinajstić information content (AvgIpc) is 3.31. The molecule has 0 saturated carbocycles. The summed E-state index contributed by atoms with van der Waals surface area (Å²) in [7, 11) is 2.91. The lowest BCUT2D eigenvalue weighted by molar-refractivity contribution is -0.173. The summed E-state index contributed by atoms with van der Waals surface area (Å²) >= 11 is 6.52. The molecule has 0 aliphatic carbocycles. The van der Waals surface area contributed by atoms with Gasteiger partial charge < -0.3 is 24.6 Å². The van der Waals surface area contributed by atoms with Crippen molar-refractivity contribution in [1.29, 1.82) is 0 Å². The molecule has 3 aromatic rings. The van der Waals surface area contributed by atoms with Crippen molar-refractivity contribution in [2.75, 3.05) is 45.7 Å². The molecule has 2 aliphatic heterocycles. The fourth-order valence-electron chi connectivity index (χ4n) is 5.04. The number of carbonyl (C=O) groups excluding carboxylic acids is 2. The summed E-state index contributed by atoms with van der Waals surface area (Å²) in [5.41, 5.74) is 0.803. The number of nitrogens with one attached hydrogen (secondary N) is 1. The highest BCUT2D eigenvalue weighted by atomic mass is 35.5. The van der Waals surface area contributed by atoms with Crippen LogP contribution in [-0.4, -0.2) is 78.0 Å². The van der Waals surface area contributed by atoms with Crippen LogP contribution >= 0.6 is 11.6 Å². The van der Waals surface area contributed by atoms with Gasteiger partial charge in [-0.2, -0.15) is 18.3 Å². The van der Waals surface area contributed by atoms with Crippen LogP contribution in [0.2, 0.25) is 5.02 Å². The number of anilines is 1. The molecule has 9 nitrogen and oxygen atoms in total. The Bertz CT molecular complexity index is 1410. The summed E-state index contributed by atoms with van der Waals surface area (Å²) in [5, 5.41) is 6.90. The molecule has 2 atom stereocenters. The maximum Gasteiger partial charge on any atom is 0.410 e. The van der Waals surface area contributed by atoms with Crippen LogP contribution in [0.1, 0.15) is 44.9 Å². The highest BCUT2D eigenvalue weighted by Crippen LogP contribution is 2.47. The van der Waals surface area contributed by atoms with E-state index in [0.29, 0.717) is 22.6 Å². The third-order valence-corrected chi connectivity index (χ3v) is 7.54. The number of rotatable bonds is 5. The highest BCUT2D eigenvalue weighted by molar-refractivity contribution is 6.36. The van der Waals surface area contributed by atoms with Crippen LogP contribution < -0.4 is 14.8 Å². The van der Waals surface area contributed by atoms with Gasteiger partial charge in [-0.1, -0.05) is 35.9 Å². The minimum Gasteiger partial charge on any atom is -0.493 e. The number of hydrogen-bond acceptors (Lipinski definition) is 6. The van der Waals surface area contributed by atoms with Gasteiger partial charge in [0.05, 0.1) is 20.3 Å². The van der Waals surface area contributed by atoms with E-state index in [1.807, 2.05) is 6.07 Å². The van der Waals surface area contributed by atoms with Gasteiger partial charge in [0.1, 0.15) is 10.8 Å². The summed E-state index contributed by atoms with van der Waals surface area (Å²) in [5.74, 6) is -0.0192. The molecule has 1 aromatic heterocycles. The maximum absolute atomic E-state index is 14.2. The van der Waals surface area contributed by atoms with Crippen LogP contribution in [0.4, 0.5) is 19.0 Å². The zero-order valence-electron chi connectivity index (χ0n) is 21.7. The second-order valence-electron chi connectivity index (χ2n) is 9.51. The molecule has 1 N–H and O–H groups in total. The first kappa shape index (κ1) is 27.6. The van der Waals surface area contributed by atoms with E-state index in [1.54, 1.807) is 47.4 Å². The van der Waals surface area contributed by atoms with Crippen molar-refractivity contribution >= 4 is 29.2 Å². The summed E-state index contributed by atoms with van der Waals surface area (Å²) in [6.45, 7) is 0.936. The number of ether oxygens (including phenoxy) is 2. The second-order valence-corrected chi connectivity index (χ2v) is 9.89. The zero-order valence-corrected chi connectivity index (χ0v) is 22.5. The highest BCUT2D eigenvalue weighted by Gasteiger charge is 2.48. The summed E-state index contributed by atoms with van der Waals surface area (Å²) in [6.07, 6.45) is -5.03. The van der Waals surface area contributed by atoms with E-state index in [1.165, 1.54) is 19.1 Å². The van der Waals surface area contributed by atoms with Crippen LogP contribution in [0.25, 0.3) is 0 Å². The Morgan fingerprint density at radius 3 is 2.17 bits per heavy atom. The molecule has 13 heteroatoms. The van der Waals surface area contributed by atoms with E-state index in [-0.39, 0.29) is 55.0 Å². The van der Waals surface area contributed by atoms with Gasteiger partial charge in [-0.25, -0.2) is 4.68 Å². The van der Waals surface area contributed by atoms with Crippen molar-refractivity contribution in [3.05, 3.63) is 70.4 Å². The van der Waals surface area contributed by atoms with Crippen LogP contribution in [0.3, 0.4) is 0 Å². The molecule has 0 bridgehead atoms. The van der Waals surface area contributed by atoms with Crippen LogP contribution in [0.15, 0.2) is 48.5 Å². The van der Waals surface area contributed by atoms with Crippen molar-refractivity contribution < 1.29 is 32.2 Å². The van der Waals surface area contributed by atoms with Gasteiger partial charge in [0.25, 0.3) is 11.8 Å². The van der Waals surface area contributed by atoms with Gasteiger partial charge in [0.2, 0.25) is 0 Å².